The monoisotopic (exact) mass is 476 g/mol. The zero-order valence-electron chi connectivity index (χ0n) is 19.3. The molecule has 2 heterocycles. The number of hydrogen-bond acceptors (Lipinski definition) is 5. The van der Waals surface area contributed by atoms with Crippen molar-refractivity contribution in [2.75, 3.05) is 0 Å². The van der Waals surface area contributed by atoms with Crippen molar-refractivity contribution in [3.63, 3.8) is 0 Å². The molecule has 35 heavy (non-hydrogen) atoms. The fraction of sp³-hybridized carbons (Fsp3) is 0.370. The van der Waals surface area contributed by atoms with Crippen molar-refractivity contribution >= 4 is 11.4 Å². The number of pyridine rings is 1. The number of Topliss-reactive ketones (excluding diaryl/α,β-unsaturated/α-hetero) is 1. The molecule has 0 bridgehead atoms. The van der Waals surface area contributed by atoms with Crippen LogP contribution in [0.3, 0.4) is 0 Å². The van der Waals surface area contributed by atoms with E-state index in [-0.39, 0.29) is 29.6 Å². The van der Waals surface area contributed by atoms with Crippen LogP contribution in [0.1, 0.15) is 43.6 Å². The largest absolute Gasteiger partial charge is 0.395 e. The van der Waals surface area contributed by atoms with Gasteiger partial charge in [-0.1, -0.05) is 38.2 Å². The molecule has 0 aliphatic heterocycles. The molecule has 0 amide bonds. The van der Waals surface area contributed by atoms with Crippen molar-refractivity contribution in [3.05, 3.63) is 71.4 Å². The summed E-state index contributed by atoms with van der Waals surface area (Å²) in [5.41, 5.74) is 3.00. The van der Waals surface area contributed by atoms with Crippen molar-refractivity contribution in [1.29, 1.82) is 5.26 Å². The number of halogens is 3. The van der Waals surface area contributed by atoms with Gasteiger partial charge in [-0.2, -0.15) is 18.4 Å². The molecule has 0 fully saturated rings. The highest BCUT2D eigenvalue weighted by Gasteiger charge is 2.50. The molecule has 2 aromatic rings. The topological polar surface area (TPSA) is 79.5 Å². The first-order chi connectivity index (χ1) is 16.6. The van der Waals surface area contributed by atoms with Gasteiger partial charge < -0.3 is 0 Å². The van der Waals surface area contributed by atoms with Crippen LogP contribution in [0.25, 0.3) is 17.0 Å². The number of fused-ring (bicyclic) bond motifs is 3. The Bertz CT molecular complexity index is 1340. The van der Waals surface area contributed by atoms with Gasteiger partial charge in [-0.3, -0.25) is 9.78 Å². The summed E-state index contributed by atoms with van der Waals surface area (Å²) in [5.74, 6) is -1.61. The van der Waals surface area contributed by atoms with Crippen molar-refractivity contribution in [1.82, 2.24) is 15.0 Å². The molecule has 0 radical (unpaired) electrons. The molecule has 178 valence electrons. The smallest absolute Gasteiger partial charge is 0.293 e. The van der Waals surface area contributed by atoms with E-state index in [2.05, 4.69) is 4.98 Å². The van der Waals surface area contributed by atoms with Crippen molar-refractivity contribution in [2.45, 2.75) is 44.7 Å². The normalized spacial score (nSPS) is 27.9. The molecule has 5 nitrogen and oxygen atoms in total. The summed E-state index contributed by atoms with van der Waals surface area (Å²) in [7, 11) is 0. The second kappa shape index (κ2) is 8.26. The summed E-state index contributed by atoms with van der Waals surface area (Å²) in [6, 6.07) is 5.61. The van der Waals surface area contributed by atoms with E-state index in [0.717, 1.165) is 16.8 Å². The molecule has 0 spiro atoms. The Labute approximate surface area is 201 Å². The van der Waals surface area contributed by atoms with E-state index in [1.165, 1.54) is 12.2 Å². The predicted molar refractivity (Wildman–Crippen MR) is 124 cm³/mol. The summed E-state index contributed by atoms with van der Waals surface area (Å²) in [6.45, 7) is 3.85. The number of rotatable bonds is 2. The molecule has 2 aromatic heterocycles. The quantitative estimate of drug-likeness (QED) is 0.568. The Morgan fingerprint density at radius 2 is 1.94 bits per heavy atom. The number of carbonyl (C=O) groups excluding carboxylic acids is 1. The van der Waals surface area contributed by atoms with Crippen LogP contribution in [0.2, 0.25) is 0 Å². The molecule has 0 aromatic carbocycles. The highest BCUT2D eigenvalue weighted by atomic mass is 19.4. The highest BCUT2D eigenvalue weighted by Crippen LogP contribution is 2.50. The highest BCUT2D eigenvalue weighted by molar-refractivity contribution is 6.02. The summed E-state index contributed by atoms with van der Waals surface area (Å²) in [6.07, 6.45) is 6.12. The number of nitriles is 1. The summed E-state index contributed by atoms with van der Waals surface area (Å²) >= 11 is 0. The fourth-order valence-electron chi connectivity index (χ4n) is 5.68. The lowest BCUT2D eigenvalue weighted by atomic mass is 9.57. The Balaban J connectivity index is 1.72. The summed E-state index contributed by atoms with van der Waals surface area (Å²) < 4.78 is 39.7. The fourth-order valence-corrected chi connectivity index (χ4v) is 5.68. The number of nitrogens with zero attached hydrogens (tertiary/aromatic N) is 4. The standard InChI is InChI=1S/C27H23F3N4O/c1-15-21-8-7-20-22(16-3-5-19(6-4-16)27(28,29)30)33-25(17-9-11-32-12-10-17)34-24(20)26(21,2)13-18(14-31)23(15)35/h3-5,9-13,15,19,21H,6-8H2,1-2H3/t15-,19?,21-,26-/m1/s1. The van der Waals surface area contributed by atoms with E-state index in [9.17, 15) is 23.2 Å². The number of aromatic nitrogens is 3. The van der Waals surface area contributed by atoms with Gasteiger partial charge in [0, 0.05) is 34.9 Å². The average molecular weight is 477 g/mol. The molecule has 3 aliphatic rings. The molecule has 5 rings (SSSR count). The van der Waals surface area contributed by atoms with Gasteiger partial charge in [-0.15, -0.1) is 0 Å². The van der Waals surface area contributed by atoms with Gasteiger partial charge in [0.25, 0.3) is 0 Å². The maximum Gasteiger partial charge on any atom is 0.395 e. The number of allylic oxidation sites excluding steroid dienone is 6. The van der Waals surface area contributed by atoms with E-state index in [1.54, 1.807) is 36.7 Å². The van der Waals surface area contributed by atoms with Crippen LogP contribution >= 0.6 is 0 Å². The van der Waals surface area contributed by atoms with Crippen molar-refractivity contribution in [2.24, 2.45) is 17.8 Å². The summed E-state index contributed by atoms with van der Waals surface area (Å²) in [5, 5.41) is 9.62. The third kappa shape index (κ3) is 3.79. The Kier molecular flexibility index (Phi) is 5.47. The second-order valence-corrected chi connectivity index (χ2v) is 9.61. The molecular formula is C27H23F3N4O. The third-order valence-corrected chi connectivity index (χ3v) is 7.57. The van der Waals surface area contributed by atoms with Crippen molar-refractivity contribution in [3.8, 4) is 17.5 Å². The van der Waals surface area contributed by atoms with Gasteiger partial charge >= 0.3 is 6.18 Å². The lowest BCUT2D eigenvalue weighted by Crippen LogP contribution is -2.46. The Morgan fingerprint density at radius 3 is 2.57 bits per heavy atom. The van der Waals surface area contributed by atoms with Gasteiger partial charge in [0.15, 0.2) is 11.6 Å². The van der Waals surface area contributed by atoms with Gasteiger partial charge in [0.05, 0.1) is 22.9 Å². The molecule has 8 heteroatoms. The maximum absolute atomic E-state index is 13.2. The SMILES string of the molecule is C[C@H]1C(=O)C(C#N)=C[C@@]2(C)c3nc(-c4ccncc4)nc(C4=CCC(C(F)(F)F)C=C4)c3CC[C@H]12. The van der Waals surface area contributed by atoms with Crippen LogP contribution < -0.4 is 0 Å². The van der Waals surface area contributed by atoms with Crippen LogP contribution in [0.4, 0.5) is 13.2 Å². The van der Waals surface area contributed by atoms with Crippen LogP contribution in [0, 0.1) is 29.1 Å². The second-order valence-electron chi connectivity index (χ2n) is 9.61. The minimum absolute atomic E-state index is 0.0434. The number of hydrogen-bond donors (Lipinski definition) is 0. The molecule has 4 atom stereocenters. The third-order valence-electron chi connectivity index (χ3n) is 7.57. The number of carbonyl (C=O) groups is 1. The number of alkyl halides is 3. The molecule has 1 unspecified atom stereocenters. The Morgan fingerprint density at radius 1 is 1.20 bits per heavy atom. The zero-order chi connectivity index (χ0) is 25.0. The lowest BCUT2D eigenvalue weighted by molar-refractivity contribution is -0.160. The maximum atomic E-state index is 13.2. The molecule has 0 saturated carbocycles. The van der Waals surface area contributed by atoms with Crippen molar-refractivity contribution < 1.29 is 18.0 Å². The number of ketones is 1. The minimum Gasteiger partial charge on any atom is -0.293 e. The molecule has 3 aliphatic carbocycles. The van der Waals surface area contributed by atoms with Crippen LogP contribution in [-0.4, -0.2) is 26.9 Å². The van der Waals surface area contributed by atoms with Gasteiger partial charge in [0.1, 0.15) is 6.07 Å². The Hall–Kier alpha value is -3.60. The van der Waals surface area contributed by atoms with E-state index in [4.69, 9.17) is 9.97 Å². The van der Waals surface area contributed by atoms with E-state index in [0.29, 0.717) is 29.9 Å². The first-order valence-electron chi connectivity index (χ1n) is 11.6. The molecule has 0 saturated heterocycles. The zero-order valence-corrected chi connectivity index (χ0v) is 19.3. The minimum atomic E-state index is -4.30. The predicted octanol–water partition coefficient (Wildman–Crippen LogP) is 5.55. The van der Waals surface area contributed by atoms with Gasteiger partial charge in [0.2, 0.25) is 0 Å². The first-order valence-corrected chi connectivity index (χ1v) is 11.6. The summed E-state index contributed by atoms with van der Waals surface area (Å²) in [4.78, 5) is 26.6. The van der Waals surface area contributed by atoms with Crippen LogP contribution in [-0.2, 0) is 16.6 Å². The molecule has 0 N–H and O–H groups in total. The lowest BCUT2D eigenvalue weighted by Gasteiger charge is -2.45. The van der Waals surface area contributed by atoms with Gasteiger partial charge in [-0.25, -0.2) is 9.97 Å². The molecular weight excluding hydrogens is 453 g/mol. The average Bonchev–Trinajstić information content (AvgIpc) is 2.86. The van der Waals surface area contributed by atoms with E-state index < -0.39 is 17.5 Å². The van der Waals surface area contributed by atoms with E-state index in [1.807, 2.05) is 19.9 Å². The van der Waals surface area contributed by atoms with E-state index >= 15 is 0 Å². The van der Waals surface area contributed by atoms with Crippen LogP contribution in [0.15, 0.2) is 54.4 Å². The van der Waals surface area contributed by atoms with Gasteiger partial charge in [-0.05, 0) is 42.9 Å². The first kappa shape index (κ1) is 23.2. The van der Waals surface area contributed by atoms with Crippen LogP contribution in [0.5, 0.6) is 0 Å².